The summed E-state index contributed by atoms with van der Waals surface area (Å²) in [7, 11) is 0. The molecule has 0 bridgehead atoms. The van der Waals surface area contributed by atoms with Crippen molar-refractivity contribution >= 4 is 5.84 Å². The summed E-state index contributed by atoms with van der Waals surface area (Å²) >= 11 is 0. The van der Waals surface area contributed by atoms with Gasteiger partial charge in [0.15, 0.2) is 0 Å². The topological polar surface area (TPSA) is 49.9 Å². The number of alkyl halides is 3. The van der Waals surface area contributed by atoms with Crippen LogP contribution >= 0.6 is 0 Å². The van der Waals surface area contributed by atoms with Crippen LogP contribution in [-0.4, -0.2) is 5.84 Å². The summed E-state index contributed by atoms with van der Waals surface area (Å²) in [4.78, 5) is 0. The molecule has 3 N–H and O–H groups in total. The Hall–Kier alpha value is -1.52. The third kappa shape index (κ3) is 3.03. The Kier molecular flexibility index (Phi) is 3.32. The molecule has 18 heavy (non-hydrogen) atoms. The van der Waals surface area contributed by atoms with E-state index >= 15 is 0 Å². The van der Waals surface area contributed by atoms with Crippen molar-refractivity contribution in [3.8, 4) is 0 Å². The van der Waals surface area contributed by atoms with Gasteiger partial charge >= 0.3 is 6.18 Å². The van der Waals surface area contributed by atoms with E-state index in [9.17, 15) is 13.2 Å². The van der Waals surface area contributed by atoms with Crippen molar-refractivity contribution in [1.29, 1.82) is 5.41 Å². The molecule has 0 atom stereocenters. The maximum atomic E-state index is 12.9. The van der Waals surface area contributed by atoms with Crippen LogP contribution in [0.2, 0.25) is 0 Å². The summed E-state index contributed by atoms with van der Waals surface area (Å²) in [5, 5.41) is 7.20. The Bertz CT molecular complexity index is 462. The molecule has 1 aliphatic carbocycles. The minimum absolute atomic E-state index is 0.123. The highest BCUT2D eigenvalue weighted by atomic mass is 19.4. The molecule has 2 nitrogen and oxygen atoms in total. The molecule has 0 unspecified atom stereocenters. The molecule has 0 radical (unpaired) electrons. The Balaban J connectivity index is 2.28. The first kappa shape index (κ1) is 12.9. The normalized spacial score (nSPS) is 15.7. The lowest BCUT2D eigenvalue weighted by atomic mass is 9.98. The smallest absolute Gasteiger partial charge is 0.384 e. The Morgan fingerprint density at radius 3 is 2.50 bits per heavy atom. The first-order chi connectivity index (χ1) is 8.38. The summed E-state index contributed by atoms with van der Waals surface area (Å²) in [5.41, 5.74) is 5.00. The maximum Gasteiger partial charge on any atom is 0.416 e. The maximum absolute atomic E-state index is 12.9. The van der Waals surface area contributed by atoms with Gasteiger partial charge in [0, 0.05) is 5.56 Å². The summed E-state index contributed by atoms with van der Waals surface area (Å²) in [6.07, 6.45) is -0.871. The number of amidine groups is 1. The molecule has 0 aromatic heterocycles. The molecule has 1 saturated carbocycles. The number of hydrogen-bond donors (Lipinski definition) is 2. The van der Waals surface area contributed by atoms with Crippen LogP contribution in [-0.2, 0) is 12.6 Å². The van der Waals surface area contributed by atoms with Gasteiger partial charge in [0.25, 0.3) is 0 Å². The van der Waals surface area contributed by atoms with E-state index in [1.54, 1.807) is 0 Å². The van der Waals surface area contributed by atoms with Crippen molar-refractivity contribution in [2.75, 3.05) is 0 Å². The molecular formula is C13H15F3N2. The molecule has 0 spiro atoms. The van der Waals surface area contributed by atoms with Crippen molar-refractivity contribution < 1.29 is 13.2 Å². The molecule has 1 fully saturated rings. The number of rotatable bonds is 4. The fraction of sp³-hybridized carbons (Fsp3) is 0.462. The van der Waals surface area contributed by atoms with E-state index in [4.69, 9.17) is 11.1 Å². The average molecular weight is 256 g/mol. The molecule has 0 aliphatic heterocycles. The van der Waals surface area contributed by atoms with Crippen LogP contribution in [0.25, 0.3) is 0 Å². The first-order valence-corrected chi connectivity index (χ1v) is 5.92. The molecule has 98 valence electrons. The van der Waals surface area contributed by atoms with Gasteiger partial charge in [0.05, 0.1) is 5.56 Å². The third-order valence-corrected chi connectivity index (χ3v) is 3.25. The highest BCUT2D eigenvalue weighted by molar-refractivity contribution is 5.95. The van der Waals surface area contributed by atoms with Gasteiger partial charge in [-0.1, -0.05) is 25.0 Å². The van der Waals surface area contributed by atoms with Crippen LogP contribution < -0.4 is 5.73 Å². The molecular weight excluding hydrogens is 241 g/mol. The predicted molar refractivity (Wildman–Crippen MR) is 63.5 cm³/mol. The molecule has 5 heteroatoms. The van der Waals surface area contributed by atoms with E-state index < -0.39 is 11.7 Å². The largest absolute Gasteiger partial charge is 0.416 e. The zero-order valence-electron chi connectivity index (χ0n) is 9.85. The fourth-order valence-electron chi connectivity index (χ4n) is 1.99. The van der Waals surface area contributed by atoms with Crippen LogP contribution in [0.15, 0.2) is 18.2 Å². The van der Waals surface area contributed by atoms with Crippen molar-refractivity contribution in [2.45, 2.75) is 31.9 Å². The fourth-order valence-corrected chi connectivity index (χ4v) is 1.99. The van der Waals surface area contributed by atoms with E-state index in [1.807, 2.05) is 0 Å². The summed E-state index contributed by atoms with van der Waals surface area (Å²) in [6, 6.07) is 3.91. The number of benzene rings is 1. The molecule has 0 saturated heterocycles. The number of nitrogens with two attached hydrogens (primary N) is 1. The van der Waals surface area contributed by atoms with Gasteiger partial charge in [-0.05, 0) is 30.4 Å². The Labute approximate surface area is 104 Å². The lowest BCUT2D eigenvalue weighted by molar-refractivity contribution is -0.138. The number of nitrogens with one attached hydrogen (secondary N) is 1. The van der Waals surface area contributed by atoms with Crippen LogP contribution in [0.5, 0.6) is 0 Å². The van der Waals surface area contributed by atoms with Gasteiger partial charge in [-0.25, -0.2) is 0 Å². The highest BCUT2D eigenvalue weighted by Crippen LogP contribution is 2.37. The van der Waals surface area contributed by atoms with E-state index in [-0.39, 0.29) is 11.4 Å². The summed E-state index contributed by atoms with van der Waals surface area (Å²) in [6.45, 7) is 0. The molecule has 1 aromatic carbocycles. The van der Waals surface area contributed by atoms with Crippen molar-refractivity contribution in [1.82, 2.24) is 0 Å². The van der Waals surface area contributed by atoms with E-state index in [1.165, 1.54) is 12.1 Å². The number of aryl methyl sites for hydroxylation is 1. The summed E-state index contributed by atoms with van der Waals surface area (Å²) < 4.78 is 38.8. The van der Waals surface area contributed by atoms with Crippen LogP contribution in [0.1, 0.15) is 36.0 Å². The second kappa shape index (κ2) is 4.63. The zero-order valence-corrected chi connectivity index (χ0v) is 9.85. The van der Waals surface area contributed by atoms with Gasteiger partial charge in [-0.3, -0.25) is 5.41 Å². The van der Waals surface area contributed by atoms with Gasteiger partial charge < -0.3 is 5.73 Å². The lowest BCUT2D eigenvalue weighted by Crippen LogP contribution is -2.15. The van der Waals surface area contributed by atoms with Gasteiger partial charge in [-0.15, -0.1) is 0 Å². The number of nitrogen functional groups attached to an aromatic ring is 1. The zero-order chi connectivity index (χ0) is 13.3. The van der Waals surface area contributed by atoms with Crippen molar-refractivity contribution in [3.05, 3.63) is 34.9 Å². The second-order valence-corrected chi connectivity index (χ2v) is 4.77. The van der Waals surface area contributed by atoms with Crippen LogP contribution in [0.4, 0.5) is 13.2 Å². The number of hydrogen-bond acceptors (Lipinski definition) is 1. The Morgan fingerprint density at radius 1 is 1.33 bits per heavy atom. The van der Waals surface area contributed by atoms with Crippen LogP contribution in [0, 0.1) is 11.3 Å². The third-order valence-electron chi connectivity index (χ3n) is 3.25. The molecule has 0 heterocycles. The number of halogens is 3. The minimum atomic E-state index is -4.38. The molecule has 0 amide bonds. The SMILES string of the molecule is N=C(N)c1ccc(CCC2CC2)c(C(F)(F)F)c1. The second-order valence-electron chi connectivity index (χ2n) is 4.77. The highest BCUT2D eigenvalue weighted by Gasteiger charge is 2.34. The predicted octanol–water partition coefficient (Wildman–Crippen LogP) is 3.33. The monoisotopic (exact) mass is 256 g/mol. The standard InChI is InChI=1S/C13H15F3N2/c14-13(15,16)11-7-10(12(17)18)6-5-9(11)4-3-8-1-2-8/h5-8H,1-4H2,(H3,17,18). The summed E-state index contributed by atoms with van der Waals surface area (Å²) in [5.74, 6) is 0.257. The molecule has 1 aromatic rings. The minimum Gasteiger partial charge on any atom is -0.384 e. The first-order valence-electron chi connectivity index (χ1n) is 5.92. The molecule has 1 aliphatic rings. The molecule has 2 rings (SSSR count). The van der Waals surface area contributed by atoms with Crippen LogP contribution in [0.3, 0.4) is 0 Å². The quantitative estimate of drug-likeness (QED) is 0.630. The van der Waals surface area contributed by atoms with E-state index in [0.717, 1.165) is 25.3 Å². The van der Waals surface area contributed by atoms with Crippen molar-refractivity contribution in [2.24, 2.45) is 11.7 Å². The van der Waals surface area contributed by atoms with Gasteiger partial charge in [0.2, 0.25) is 0 Å². The van der Waals surface area contributed by atoms with E-state index in [0.29, 0.717) is 17.9 Å². The Morgan fingerprint density at radius 2 is 2.00 bits per heavy atom. The van der Waals surface area contributed by atoms with E-state index in [2.05, 4.69) is 0 Å². The van der Waals surface area contributed by atoms with Crippen molar-refractivity contribution in [3.63, 3.8) is 0 Å². The average Bonchev–Trinajstić information content (AvgIpc) is 3.08. The van der Waals surface area contributed by atoms with Gasteiger partial charge in [-0.2, -0.15) is 13.2 Å². The lowest BCUT2D eigenvalue weighted by Gasteiger charge is -2.14. The van der Waals surface area contributed by atoms with Gasteiger partial charge in [0.1, 0.15) is 5.84 Å².